The summed E-state index contributed by atoms with van der Waals surface area (Å²) in [6, 6.07) is 5.97. The van der Waals surface area contributed by atoms with Gasteiger partial charge in [0.1, 0.15) is 11.4 Å². The first-order chi connectivity index (χ1) is 8.11. The van der Waals surface area contributed by atoms with Gasteiger partial charge in [-0.25, -0.2) is 0 Å². The number of nitrogens with two attached hydrogens (primary N) is 1. The molecule has 3 rings (SSSR count). The number of ether oxygens (including phenoxy) is 1. The van der Waals surface area contributed by atoms with Crippen molar-refractivity contribution in [3.63, 3.8) is 0 Å². The van der Waals surface area contributed by atoms with Crippen molar-refractivity contribution in [1.82, 2.24) is 0 Å². The van der Waals surface area contributed by atoms with E-state index in [-0.39, 0.29) is 18.8 Å². The highest BCUT2D eigenvalue weighted by atomic mass is 16.6. The molecule has 1 atom stereocenters. The van der Waals surface area contributed by atoms with Gasteiger partial charge in [0.05, 0.1) is 12.7 Å². The predicted octanol–water partition coefficient (Wildman–Crippen LogP) is 0.599. The topological polar surface area (TPSA) is 53.7 Å². The minimum absolute atomic E-state index is 0.0836. The summed E-state index contributed by atoms with van der Waals surface area (Å²) in [5.74, 6) is 0.853. The summed E-state index contributed by atoms with van der Waals surface area (Å²) in [5, 5.41) is 0. The highest BCUT2D eigenvalue weighted by molar-refractivity contribution is 6.64. The lowest BCUT2D eigenvalue weighted by Crippen LogP contribution is -2.35. The smallest absolute Gasteiger partial charge is 0.486 e. The first-order valence-corrected chi connectivity index (χ1v) is 5.90. The third-order valence-corrected chi connectivity index (χ3v) is 3.15. The fourth-order valence-electron chi connectivity index (χ4n) is 2.38. The van der Waals surface area contributed by atoms with Crippen molar-refractivity contribution in [2.24, 2.45) is 5.73 Å². The fourth-order valence-corrected chi connectivity index (χ4v) is 2.38. The summed E-state index contributed by atoms with van der Waals surface area (Å²) >= 11 is 0. The molecule has 17 heavy (non-hydrogen) atoms. The maximum atomic E-state index is 5.98. The van der Waals surface area contributed by atoms with Gasteiger partial charge in [-0.05, 0) is 25.5 Å². The molecule has 90 valence electrons. The zero-order valence-corrected chi connectivity index (χ0v) is 10.1. The van der Waals surface area contributed by atoms with E-state index >= 15 is 0 Å². The van der Waals surface area contributed by atoms with Gasteiger partial charge < -0.3 is 19.8 Å². The number of hydrogen-bond acceptors (Lipinski definition) is 4. The number of benzene rings is 1. The molecule has 0 saturated carbocycles. The molecule has 4 nitrogen and oxygen atoms in total. The Bertz CT molecular complexity index is 449. The summed E-state index contributed by atoms with van der Waals surface area (Å²) in [5.41, 5.74) is 7.47. The largest absolute Gasteiger partial charge is 0.498 e. The molecule has 0 aromatic heterocycles. The molecule has 0 aliphatic carbocycles. The number of rotatable bonds is 1. The van der Waals surface area contributed by atoms with Crippen LogP contribution >= 0.6 is 0 Å². The van der Waals surface area contributed by atoms with Gasteiger partial charge in [0, 0.05) is 12.0 Å². The van der Waals surface area contributed by atoms with Crippen LogP contribution in [0.4, 0.5) is 0 Å². The van der Waals surface area contributed by atoms with Crippen LogP contribution in [0.2, 0.25) is 0 Å². The molecular weight excluding hydrogens is 217 g/mol. The molecule has 0 spiro atoms. The van der Waals surface area contributed by atoms with Crippen LogP contribution in [0.1, 0.15) is 25.5 Å². The van der Waals surface area contributed by atoms with E-state index in [4.69, 9.17) is 19.8 Å². The van der Waals surface area contributed by atoms with Crippen LogP contribution in [0.25, 0.3) is 0 Å². The molecule has 1 unspecified atom stereocenters. The summed E-state index contributed by atoms with van der Waals surface area (Å²) < 4.78 is 17.6. The molecule has 2 aliphatic rings. The average molecular weight is 233 g/mol. The van der Waals surface area contributed by atoms with E-state index in [1.165, 1.54) is 0 Å². The first-order valence-electron chi connectivity index (χ1n) is 5.90. The Hall–Kier alpha value is -1.04. The standard InChI is InChI=1S/C12H16BNO3/c1-12(2)7-15-13-11-8(10(6-14)17-13)4-3-5-9(11)16-12/h3-5,10H,6-7,14H2,1-2H3. The fraction of sp³-hybridized carbons (Fsp3) is 0.500. The molecule has 2 aliphatic heterocycles. The Morgan fingerprint density at radius 3 is 3.06 bits per heavy atom. The van der Waals surface area contributed by atoms with Crippen molar-refractivity contribution in [3.8, 4) is 5.75 Å². The molecule has 1 aromatic rings. The average Bonchev–Trinajstić information content (AvgIpc) is 2.59. The van der Waals surface area contributed by atoms with Crippen molar-refractivity contribution in [1.29, 1.82) is 0 Å². The van der Waals surface area contributed by atoms with Crippen LogP contribution in [-0.2, 0) is 9.31 Å². The minimum Gasteiger partial charge on any atom is -0.486 e. The van der Waals surface area contributed by atoms with Crippen molar-refractivity contribution in [2.75, 3.05) is 13.2 Å². The Kier molecular flexibility index (Phi) is 2.43. The minimum atomic E-state index is -0.337. The highest BCUT2D eigenvalue weighted by Gasteiger charge is 2.43. The lowest BCUT2D eigenvalue weighted by atomic mass is 9.78. The summed E-state index contributed by atoms with van der Waals surface area (Å²) in [6.07, 6.45) is -0.0836. The van der Waals surface area contributed by atoms with Crippen LogP contribution in [0, 0.1) is 0 Å². The van der Waals surface area contributed by atoms with Gasteiger partial charge in [-0.2, -0.15) is 0 Å². The van der Waals surface area contributed by atoms with Crippen molar-refractivity contribution in [2.45, 2.75) is 25.6 Å². The Balaban J connectivity index is 2.10. The zero-order chi connectivity index (χ0) is 12.0. The SMILES string of the molecule is CC1(C)COB2OC(CN)c3cccc(c32)O1. The Morgan fingerprint density at radius 1 is 1.47 bits per heavy atom. The molecule has 0 fully saturated rings. The maximum absolute atomic E-state index is 5.98. The van der Waals surface area contributed by atoms with Crippen LogP contribution in [0.15, 0.2) is 18.2 Å². The monoisotopic (exact) mass is 233 g/mol. The highest BCUT2D eigenvalue weighted by Crippen LogP contribution is 2.32. The van der Waals surface area contributed by atoms with E-state index < -0.39 is 0 Å². The van der Waals surface area contributed by atoms with E-state index in [2.05, 4.69) is 0 Å². The molecule has 2 heterocycles. The summed E-state index contributed by atoms with van der Waals surface area (Å²) in [4.78, 5) is 0. The van der Waals surface area contributed by atoms with E-state index in [1.54, 1.807) is 0 Å². The third kappa shape index (κ3) is 1.75. The van der Waals surface area contributed by atoms with Crippen molar-refractivity contribution < 1.29 is 14.0 Å². The molecule has 2 N–H and O–H groups in total. The van der Waals surface area contributed by atoms with Gasteiger partial charge in [-0.1, -0.05) is 12.1 Å². The molecule has 0 saturated heterocycles. The van der Waals surface area contributed by atoms with Crippen molar-refractivity contribution in [3.05, 3.63) is 23.8 Å². The van der Waals surface area contributed by atoms with E-state index in [9.17, 15) is 0 Å². The van der Waals surface area contributed by atoms with Gasteiger partial charge in [0.25, 0.3) is 0 Å². The van der Waals surface area contributed by atoms with Gasteiger partial charge in [0.2, 0.25) is 0 Å². The van der Waals surface area contributed by atoms with Gasteiger partial charge in [0.15, 0.2) is 0 Å². The van der Waals surface area contributed by atoms with Crippen LogP contribution < -0.4 is 15.9 Å². The molecule has 5 heteroatoms. The van der Waals surface area contributed by atoms with Crippen LogP contribution in [-0.4, -0.2) is 25.9 Å². The van der Waals surface area contributed by atoms with Gasteiger partial charge in [-0.3, -0.25) is 0 Å². The maximum Gasteiger partial charge on any atom is 0.498 e. The second-order valence-electron chi connectivity index (χ2n) is 5.12. The zero-order valence-electron chi connectivity index (χ0n) is 10.1. The lowest BCUT2D eigenvalue weighted by Gasteiger charge is -2.25. The lowest BCUT2D eigenvalue weighted by molar-refractivity contribution is 0.0438. The molecule has 0 bridgehead atoms. The van der Waals surface area contributed by atoms with Crippen LogP contribution in [0.3, 0.4) is 0 Å². The summed E-state index contributed by atoms with van der Waals surface area (Å²) in [6.45, 7) is 4.98. The molecular formula is C12H16BNO3. The molecule has 0 radical (unpaired) electrons. The van der Waals surface area contributed by atoms with Crippen LogP contribution in [0.5, 0.6) is 5.75 Å². The molecule has 1 aromatic carbocycles. The molecule has 0 amide bonds. The van der Waals surface area contributed by atoms with Gasteiger partial charge >= 0.3 is 7.12 Å². The quantitative estimate of drug-likeness (QED) is 0.721. The first kappa shape index (κ1) is 11.1. The normalized spacial score (nSPS) is 25.1. The van der Waals surface area contributed by atoms with E-state index in [1.807, 2.05) is 32.0 Å². The van der Waals surface area contributed by atoms with E-state index in [0.717, 1.165) is 16.8 Å². The second kappa shape index (κ2) is 3.73. The van der Waals surface area contributed by atoms with Gasteiger partial charge in [-0.15, -0.1) is 0 Å². The Labute approximate surface area is 101 Å². The van der Waals surface area contributed by atoms with Crippen molar-refractivity contribution >= 4 is 12.6 Å². The van der Waals surface area contributed by atoms with E-state index in [0.29, 0.717) is 13.2 Å². The Morgan fingerprint density at radius 2 is 2.29 bits per heavy atom. The number of hydrogen-bond donors (Lipinski definition) is 1. The third-order valence-electron chi connectivity index (χ3n) is 3.15. The summed E-state index contributed by atoms with van der Waals surface area (Å²) in [7, 11) is -0.337. The predicted molar refractivity (Wildman–Crippen MR) is 65.4 cm³/mol. The second-order valence-corrected chi connectivity index (χ2v) is 5.12.